The largest absolute Gasteiger partial charge is 0.490 e. The second kappa shape index (κ2) is 8.00. The van der Waals surface area contributed by atoms with Crippen molar-refractivity contribution in [3.8, 4) is 11.5 Å². The lowest BCUT2D eigenvalue weighted by molar-refractivity contribution is 0.102. The molecule has 0 radical (unpaired) electrons. The first-order valence-electron chi connectivity index (χ1n) is 6.95. The number of hydrogen-bond acceptors (Lipinski definition) is 5. The van der Waals surface area contributed by atoms with Crippen LogP contribution < -0.4 is 14.8 Å². The summed E-state index contributed by atoms with van der Waals surface area (Å²) in [5.74, 6) is 0.642. The molecule has 118 valence electrons. The van der Waals surface area contributed by atoms with Crippen LogP contribution in [0.25, 0.3) is 0 Å². The van der Waals surface area contributed by atoms with E-state index >= 15 is 0 Å². The number of anilines is 1. The van der Waals surface area contributed by atoms with Gasteiger partial charge in [-0.25, -0.2) is 4.98 Å². The van der Waals surface area contributed by atoms with Gasteiger partial charge in [-0.2, -0.15) is 0 Å². The van der Waals surface area contributed by atoms with Gasteiger partial charge in [-0.15, -0.1) is 11.3 Å². The molecule has 0 saturated carbocycles. The Hall–Kier alpha value is -1.79. The average Bonchev–Trinajstić information content (AvgIpc) is 2.99. The summed E-state index contributed by atoms with van der Waals surface area (Å²) < 4.78 is 11.1. The van der Waals surface area contributed by atoms with Gasteiger partial charge in [0.05, 0.1) is 18.2 Å². The SMILES string of the molecule is CCCOc1c(Cl)cc(C(=O)Nc2nccs2)cc1OCC. The molecule has 0 bridgehead atoms. The predicted octanol–water partition coefficient (Wildman–Crippen LogP) is 4.24. The Bertz CT molecular complexity index is 632. The number of amides is 1. The number of carbonyl (C=O) groups is 1. The van der Waals surface area contributed by atoms with Gasteiger partial charge < -0.3 is 9.47 Å². The maximum atomic E-state index is 12.2. The van der Waals surface area contributed by atoms with Crippen molar-refractivity contribution in [2.75, 3.05) is 18.5 Å². The summed E-state index contributed by atoms with van der Waals surface area (Å²) in [5, 5.41) is 5.38. The molecule has 0 unspecified atom stereocenters. The van der Waals surface area contributed by atoms with Gasteiger partial charge in [-0.3, -0.25) is 10.1 Å². The number of thiazole rings is 1. The number of hydrogen-bond donors (Lipinski definition) is 1. The fourth-order valence-electron chi connectivity index (χ4n) is 1.76. The Morgan fingerprint density at radius 1 is 1.36 bits per heavy atom. The molecule has 1 aromatic carbocycles. The van der Waals surface area contributed by atoms with Crippen LogP contribution in [0.2, 0.25) is 5.02 Å². The lowest BCUT2D eigenvalue weighted by atomic mass is 10.2. The summed E-state index contributed by atoms with van der Waals surface area (Å²) >= 11 is 7.58. The molecule has 1 aromatic heterocycles. The second-order valence-corrected chi connectivity index (χ2v) is 5.66. The van der Waals surface area contributed by atoms with Crippen LogP contribution in [0, 0.1) is 0 Å². The lowest BCUT2D eigenvalue weighted by Gasteiger charge is -2.14. The molecular weight excluding hydrogens is 324 g/mol. The van der Waals surface area contributed by atoms with Crippen LogP contribution in [0.3, 0.4) is 0 Å². The van der Waals surface area contributed by atoms with Gasteiger partial charge in [0.2, 0.25) is 0 Å². The summed E-state index contributed by atoms with van der Waals surface area (Å²) in [6.07, 6.45) is 2.48. The molecule has 2 aromatic rings. The van der Waals surface area contributed by atoms with Crippen molar-refractivity contribution in [2.45, 2.75) is 20.3 Å². The van der Waals surface area contributed by atoms with E-state index in [0.29, 0.717) is 40.4 Å². The monoisotopic (exact) mass is 340 g/mol. The summed E-state index contributed by atoms with van der Waals surface area (Å²) in [7, 11) is 0. The fraction of sp³-hybridized carbons (Fsp3) is 0.333. The van der Waals surface area contributed by atoms with Crippen LogP contribution in [0.5, 0.6) is 11.5 Å². The Labute approximate surface area is 138 Å². The third kappa shape index (κ3) is 4.11. The average molecular weight is 341 g/mol. The summed E-state index contributed by atoms with van der Waals surface area (Å²) in [4.78, 5) is 16.3. The van der Waals surface area contributed by atoms with Gasteiger partial charge in [-0.1, -0.05) is 18.5 Å². The van der Waals surface area contributed by atoms with Gasteiger partial charge in [0.15, 0.2) is 16.6 Å². The van der Waals surface area contributed by atoms with Crippen molar-refractivity contribution in [1.29, 1.82) is 0 Å². The van der Waals surface area contributed by atoms with Gasteiger partial charge in [0.25, 0.3) is 5.91 Å². The Morgan fingerprint density at radius 2 is 2.18 bits per heavy atom. The van der Waals surface area contributed by atoms with Gasteiger partial charge >= 0.3 is 0 Å². The number of carbonyl (C=O) groups excluding carboxylic acids is 1. The number of nitrogens with one attached hydrogen (secondary N) is 1. The van der Waals surface area contributed by atoms with E-state index in [1.807, 2.05) is 13.8 Å². The van der Waals surface area contributed by atoms with Crippen molar-refractivity contribution in [2.24, 2.45) is 0 Å². The number of nitrogens with zero attached hydrogens (tertiary/aromatic N) is 1. The summed E-state index contributed by atoms with van der Waals surface area (Å²) in [6, 6.07) is 3.20. The predicted molar refractivity (Wildman–Crippen MR) is 88.5 cm³/mol. The van der Waals surface area contributed by atoms with Gasteiger partial charge in [0.1, 0.15) is 0 Å². The van der Waals surface area contributed by atoms with E-state index in [1.54, 1.807) is 23.7 Å². The number of aromatic nitrogens is 1. The van der Waals surface area contributed by atoms with Crippen LogP contribution in [0.1, 0.15) is 30.6 Å². The molecule has 2 rings (SSSR count). The molecule has 0 fully saturated rings. The summed E-state index contributed by atoms with van der Waals surface area (Å²) in [6.45, 7) is 4.85. The minimum absolute atomic E-state index is 0.292. The first-order chi connectivity index (χ1) is 10.7. The maximum Gasteiger partial charge on any atom is 0.257 e. The highest BCUT2D eigenvalue weighted by Gasteiger charge is 2.17. The first-order valence-corrected chi connectivity index (χ1v) is 8.21. The third-order valence-electron chi connectivity index (χ3n) is 2.67. The van der Waals surface area contributed by atoms with E-state index in [0.717, 1.165) is 6.42 Å². The number of halogens is 1. The molecule has 0 atom stereocenters. The van der Waals surface area contributed by atoms with Gasteiger partial charge in [0, 0.05) is 17.1 Å². The van der Waals surface area contributed by atoms with E-state index < -0.39 is 0 Å². The number of ether oxygens (including phenoxy) is 2. The molecule has 1 heterocycles. The lowest BCUT2D eigenvalue weighted by Crippen LogP contribution is -2.12. The molecule has 22 heavy (non-hydrogen) atoms. The van der Waals surface area contributed by atoms with Crippen LogP contribution in [0.4, 0.5) is 5.13 Å². The Kier molecular flexibility index (Phi) is 6.03. The maximum absolute atomic E-state index is 12.2. The van der Waals surface area contributed by atoms with Crippen molar-refractivity contribution < 1.29 is 14.3 Å². The van der Waals surface area contributed by atoms with Crippen LogP contribution in [-0.4, -0.2) is 24.1 Å². The molecule has 0 spiro atoms. The zero-order chi connectivity index (χ0) is 15.9. The van der Waals surface area contributed by atoms with E-state index in [2.05, 4.69) is 10.3 Å². The van der Waals surface area contributed by atoms with Crippen molar-refractivity contribution >= 4 is 34.0 Å². The van der Waals surface area contributed by atoms with Gasteiger partial charge in [-0.05, 0) is 25.5 Å². The van der Waals surface area contributed by atoms with Crippen molar-refractivity contribution in [3.63, 3.8) is 0 Å². The smallest absolute Gasteiger partial charge is 0.257 e. The van der Waals surface area contributed by atoms with Crippen LogP contribution in [0.15, 0.2) is 23.7 Å². The van der Waals surface area contributed by atoms with Crippen LogP contribution >= 0.6 is 22.9 Å². The fourth-order valence-corrected chi connectivity index (χ4v) is 2.55. The highest BCUT2D eigenvalue weighted by atomic mass is 35.5. The highest BCUT2D eigenvalue weighted by molar-refractivity contribution is 7.13. The molecule has 7 heteroatoms. The molecule has 1 N–H and O–H groups in total. The highest BCUT2D eigenvalue weighted by Crippen LogP contribution is 2.37. The minimum Gasteiger partial charge on any atom is -0.490 e. The third-order valence-corrected chi connectivity index (χ3v) is 3.64. The zero-order valence-corrected chi connectivity index (χ0v) is 14.0. The molecule has 0 aliphatic carbocycles. The topological polar surface area (TPSA) is 60.5 Å². The Morgan fingerprint density at radius 3 is 2.82 bits per heavy atom. The first kappa shape index (κ1) is 16.6. The van der Waals surface area contributed by atoms with E-state index in [9.17, 15) is 4.79 Å². The van der Waals surface area contributed by atoms with Crippen molar-refractivity contribution in [1.82, 2.24) is 4.98 Å². The van der Waals surface area contributed by atoms with Crippen LogP contribution in [-0.2, 0) is 0 Å². The number of rotatable bonds is 7. The Balaban J connectivity index is 2.26. The van der Waals surface area contributed by atoms with E-state index in [1.165, 1.54) is 11.3 Å². The molecular formula is C15H17ClN2O3S. The van der Waals surface area contributed by atoms with E-state index in [4.69, 9.17) is 21.1 Å². The molecule has 0 aliphatic heterocycles. The molecule has 5 nitrogen and oxygen atoms in total. The summed E-state index contributed by atoms with van der Waals surface area (Å²) in [5.41, 5.74) is 0.396. The van der Waals surface area contributed by atoms with E-state index in [-0.39, 0.29) is 5.91 Å². The normalized spacial score (nSPS) is 10.3. The zero-order valence-electron chi connectivity index (χ0n) is 12.4. The number of benzene rings is 1. The molecule has 0 saturated heterocycles. The second-order valence-electron chi connectivity index (χ2n) is 4.36. The molecule has 1 amide bonds. The quantitative estimate of drug-likeness (QED) is 0.819. The minimum atomic E-state index is -0.292. The van der Waals surface area contributed by atoms with Crippen molar-refractivity contribution in [3.05, 3.63) is 34.3 Å². The standard InChI is InChI=1S/C15H17ClN2O3S/c1-3-6-21-13-11(16)8-10(9-12(13)20-4-2)14(19)18-15-17-5-7-22-15/h5,7-9H,3-4,6H2,1-2H3,(H,17,18,19). The molecule has 0 aliphatic rings.